The average Bonchev–Trinajstić information content (AvgIpc) is 2.96. The fourth-order valence-corrected chi connectivity index (χ4v) is 3.59. The molecule has 31 heavy (non-hydrogen) atoms. The van der Waals surface area contributed by atoms with E-state index in [0.717, 1.165) is 12.1 Å². The van der Waals surface area contributed by atoms with E-state index in [2.05, 4.69) is 5.32 Å². The first-order chi connectivity index (χ1) is 14.8. The van der Waals surface area contributed by atoms with E-state index in [1.807, 2.05) is 0 Å². The minimum atomic E-state index is -1.03. The summed E-state index contributed by atoms with van der Waals surface area (Å²) in [6.45, 7) is 1.76. The number of anilines is 2. The largest absolute Gasteiger partial charge is 0.350 e. The maximum Gasteiger partial charge on any atom is 0.282 e. The molecule has 3 aromatic rings. The van der Waals surface area contributed by atoms with Crippen molar-refractivity contribution in [2.75, 3.05) is 10.2 Å². The Labute approximate surface area is 186 Å². The van der Waals surface area contributed by atoms with Crippen molar-refractivity contribution < 1.29 is 18.4 Å². The number of nitrogens with one attached hydrogen (secondary N) is 1. The van der Waals surface area contributed by atoms with Crippen LogP contribution in [0, 0.1) is 18.6 Å². The van der Waals surface area contributed by atoms with Crippen LogP contribution in [-0.2, 0) is 9.59 Å². The summed E-state index contributed by atoms with van der Waals surface area (Å²) >= 11 is 12.1. The van der Waals surface area contributed by atoms with Gasteiger partial charge in [0.2, 0.25) is 0 Å². The summed E-state index contributed by atoms with van der Waals surface area (Å²) in [5.74, 6) is -3.38. The highest BCUT2D eigenvalue weighted by Crippen LogP contribution is 2.36. The van der Waals surface area contributed by atoms with Crippen molar-refractivity contribution in [3.05, 3.63) is 99.2 Å². The van der Waals surface area contributed by atoms with Crippen molar-refractivity contribution in [1.82, 2.24) is 0 Å². The van der Waals surface area contributed by atoms with Crippen LogP contribution in [0.1, 0.15) is 11.1 Å². The predicted molar refractivity (Wildman–Crippen MR) is 117 cm³/mol. The van der Waals surface area contributed by atoms with Crippen LogP contribution >= 0.6 is 23.2 Å². The molecule has 1 heterocycles. The van der Waals surface area contributed by atoms with Crippen LogP contribution in [0.4, 0.5) is 20.2 Å². The Morgan fingerprint density at radius 3 is 2.29 bits per heavy atom. The SMILES string of the molecule is Cc1c(Cl)cccc1NC1=C(c2ccc(Cl)cc2)C(=O)N(c2ccc(F)cc2F)C1=O. The van der Waals surface area contributed by atoms with Crippen molar-refractivity contribution in [2.45, 2.75) is 6.92 Å². The van der Waals surface area contributed by atoms with E-state index < -0.39 is 23.4 Å². The highest BCUT2D eigenvalue weighted by molar-refractivity contribution is 6.46. The van der Waals surface area contributed by atoms with Gasteiger partial charge in [-0.25, -0.2) is 13.7 Å². The molecular weight excluding hydrogens is 445 g/mol. The highest BCUT2D eigenvalue weighted by Gasteiger charge is 2.41. The Balaban J connectivity index is 1.87. The molecule has 4 nitrogen and oxygen atoms in total. The summed E-state index contributed by atoms with van der Waals surface area (Å²) in [5, 5.41) is 3.89. The monoisotopic (exact) mass is 458 g/mol. The van der Waals surface area contributed by atoms with Crippen molar-refractivity contribution >= 4 is 52.0 Å². The molecule has 0 aromatic heterocycles. The Morgan fingerprint density at radius 1 is 0.903 bits per heavy atom. The molecule has 156 valence electrons. The van der Waals surface area contributed by atoms with Crippen LogP contribution < -0.4 is 10.2 Å². The van der Waals surface area contributed by atoms with Gasteiger partial charge in [0.1, 0.15) is 17.3 Å². The van der Waals surface area contributed by atoms with Crippen LogP contribution in [0.15, 0.2) is 66.4 Å². The average molecular weight is 459 g/mol. The van der Waals surface area contributed by atoms with Gasteiger partial charge < -0.3 is 5.32 Å². The summed E-state index contributed by atoms with van der Waals surface area (Å²) in [6, 6.07) is 14.0. The molecule has 0 unspecified atom stereocenters. The third kappa shape index (κ3) is 3.80. The molecule has 0 fully saturated rings. The lowest BCUT2D eigenvalue weighted by atomic mass is 10.0. The molecule has 0 aliphatic carbocycles. The van der Waals surface area contributed by atoms with Gasteiger partial charge in [0.05, 0.1) is 11.3 Å². The fourth-order valence-electron chi connectivity index (χ4n) is 3.29. The van der Waals surface area contributed by atoms with E-state index in [1.165, 1.54) is 0 Å². The van der Waals surface area contributed by atoms with Gasteiger partial charge in [-0.15, -0.1) is 0 Å². The van der Waals surface area contributed by atoms with E-state index in [4.69, 9.17) is 23.2 Å². The van der Waals surface area contributed by atoms with E-state index >= 15 is 0 Å². The zero-order chi connectivity index (χ0) is 22.3. The van der Waals surface area contributed by atoms with Gasteiger partial charge in [0.15, 0.2) is 0 Å². The van der Waals surface area contributed by atoms with Crippen LogP contribution in [0.5, 0.6) is 0 Å². The third-order valence-corrected chi connectivity index (χ3v) is 5.56. The van der Waals surface area contributed by atoms with Gasteiger partial charge in [0, 0.05) is 21.8 Å². The van der Waals surface area contributed by atoms with Gasteiger partial charge in [0.25, 0.3) is 11.8 Å². The van der Waals surface area contributed by atoms with Crippen LogP contribution in [0.25, 0.3) is 5.57 Å². The van der Waals surface area contributed by atoms with Gasteiger partial charge in [-0.2, -0.15) is 0 Å². The summed E-state index contributed by atoms with van der Waals surface area (Å²) in [6.07, 6.45) is 0. The lowest BCUT2D eigenvalue weighted by Crippen LogP contribution is -2.33. The molecule has 0 radical (unpaired) electrons. The second kappa shape index (κ2) is 8.13. The highest BCUT2D eigenvalue weighted by atomic mass is 35.5. The quantitative estimate of drug-likeness (QED) is 0.489. The van der Waals surface area contributed by atoms with Crippen molar-refractivity contribution in [2.24, 2.45) is 0 Å². The third-order valence-electron chi connectivity index (χ3n) is 4.89. The number of halogens is 4. The summed E-state index contributed by atoms with van der Waals surface area (Å²) in [5.41, 5.74) is 1.22. The van der Waals surface area contributed by atoms with Gasteiger partial charge in [-0.05, 0) is 54.4 Å². The molecule has 1 aliphatic rings. The molecule has 0 bridgehead atoms. The standard InChI is InChI=1S/C23H14Cl2F2N2O2/c1-12-16(25)3-2-4-18(12)28-21-20(13-5-7-14(24)8-6-13)22(30)29(23(21)31)19-10-9-15(26)11-17(19)27/h2-11,28H,1H3. The Hall–Kier alpha value is -3.22. The second-order valence-corrected chi connectivity index (χ2v) is 7.68. The number of rotatable bonds is 4. The van der Waals surface area contributed by atoms with Gasteiger partial charge in [-0.3, -0.25) is 9.59 Å². The Bertz CT molecular complexity index is 1260. The van der Waals surface area contributed by atoms with E-state index in [9.17, 15) is 18.4 Å². The van der Waals surface area contributed by atoms with Crippen molar-refractivity contribution in [3.8, 4) is 0 Å². The maximum absolute atomic E-state index is 14.4. The number of carbonyl (C=O) groups is 2. The molecule has 8 heteroatoms. The molecule has 1 aliphatic heterocycles. The lowest BCUT2D eigenvalue weighted by Gasteiger charge is -2.16. The molecule has 2 amide bonds. The maximum atomic E-state index is 14.4. The number of nitrogens with zero attached hydrogens (tertiary/aromatic N) is 1. The number of hydrogen-bond acceptors (Lipinski definition) is 3. The molecule has 0 atom stereocenters. The first-order valence-electron chi connectivity index (χ1n) is 9.14. The molecule has 1 N–H and O–H groups in total. The van der Waals surface area contributed by atoms with E-state index in [1.54, 1.807) is 49.4 Å². The van der Waals surface area contributed by atoms with Crippen LogP contribution in [0.2, 0.25) is 10.0 Å². The predicted octanol–water partition coefficient (Wildman–Crippen LogP) is 5.98. The minimum Gasteiger partial charge on any atom is -0.350 e. The molecule has 0 spiro atoms. The second-order valence-electron chi connectivity index (χ2n) is 6.84. The topological polar surface area (TPSA) is 49.4 Å². The molecule has 0 saturated carbocycles. The Kier molecular flexibility index (Phi) is 5.52. The van der Waals surface area contributed by atoms with E-state index in [0.29, 0.717) is 37.8 Å². The van der Waals surface area contributed by atoms with Gasteiger partial charge in [-0.1, -0.05) is 41.4 Å². The number of imide groups is 1. The molecule has 3 aromatic carbocycles. The number of amides is 2. The zero-order valence-corrected chi connectivity index (χ0v) is 17.6. The van der Waals surface area contributed by atoms with Crippen molar-refractivity contribution in [3.63, 3.8) is 0 Å². The van der Waals surface area contributed by atoms with Crippen molar-refractivity contribution in [1.29, 1.82) is 0 Å². The summed E-state index contributed by atoms with van der Waals surface area (Å²) < 4.78 is 27.8. The van der Waals surface area contributed by atoms with E-state index in [-0.39, 0.29) is 17.0 Å². The normalized spacial score (nSPS) is 13.9. The van der Waals surface area contributed by atoms with Crippen LogP contribution in [-0.4, -0.2) is 11.8 Å². The van der Waals surface area contributed by atoms with Crippen LogP contribution in [0.3, 0.4) is 0 Å². The lowest BCUT2D eigenvalue weighted by molar-refractivity contribution is -0.120. The fraction of sp³-hybridized carbons (Fsp3) is 0.0435. The minimum absolute atomic E-state index is 0.0322. The number of benzene rings is 3. The zero-order valence-electron chi connectivity index (χ0n) is 16.0. The summed E-state index contributed by atoms with van der Waals surface area (Å²) in [4.78, 5) is 27.2. The first kappa shape index (κ1) is 21.0. The molecular formula is C23H14Cl2F2N2O2. The molecule has 0 saturated heterocycles. The smallest absolute Gasteiger partial charge is 0.282 e. The Morgan fingerprint density at radius 2 is 1.61 bits per heavy atom. The van der Waals surface area contributed by atoms with Gasteiger partial charge >= 0.3 is 0 Å². The first-order valence-corrected chi connectivity index (χ1v) is 9.89. The number of carbonyl (C=O) groups excluding carboxylic acids is 2. The molecule has 4 rings (SSSR count). The number of hydrogen-bond donors (Lipinski definition) is 1. The summed E-state index contributed by atoms with van der Waals surface area (Å²) in [7, 11) is 0.